The minimum absolute atomic E-state index is 0.267. The van der Waals surface area contributed by atoms with Crippen molar-refractivity contribution < 1.29 is 19.1 Å². The summed E-state index contributed by atoms with van der Waals surface area (Å²) in [6.45, 7) is 0. The highest BCUT2D eigenvalue weighted by Crippen LogP contribution is 2.34. The van der Waals surface area contributed by atoms with Crippen molar-refractivity contribution in [1.82, 2.24) is 9.97 Å². The molecule has 2 heterocycles. The molecule has 0 spiro atoms. The van der Waals surface area contributed by atoms with E-state index in [9.17, 15) is 19.1 Å². The van der Waals surface area contributed by atoms with Gasteiger partial charge in [0.1, 0.15) is 0 Å². The number of anilines is 1. The van der Waals surface area contributed by atoms with Crippen LogP contribution in [0.4, 0.5) is 9.52 Å². The van der Waals surface area contributed by atoms with Crippen LogP contribution >= 0.6 is 11.3 Å². The molecule has 34 heavy (non-hydrogen) atoms. The second-order valence-electron chi connectivity index (χ2n) is 7.81. The predicted octanol–water partition coefficient (Wildman–Crippen LogP) is 5.31. The molecular formula is C26H22FN3O3S. The minimum atomic E-state index is -1.02. The highest BCUT2D eigenvalue weighted by atomic mass is 32.1. The van der Waals surface area contributed by atoms with Crippen molar-refractivity contribution in [2.24, 2.45) is 5.92 Å². The Hall–Kier alpha value is -3.91. The fraction of sp³-hybridized carbons (Fsp3) is 0.154. The Morgan fingerprint density at radius 2 is 1.74 bits per heavy atom. The van der Waals surface area contributed by atoms with Gasteiger partial charge < -0.3 is 5.11 Å². The topological polar surface area (TPSA) is 83.4 Å². The van der Waals surface area contributed by atoms with Gasteiger partial charge in [0.2, 0.25) is 11.9 Å². The van der Waals surface area contributed by atoms with Crippen LogP contribution in [-0.2, 0) is 16.0 Å². The zero-order chi connectivity index (χ0) is 24.1. The van der Waals surface area contributed by atoms with Crippen molar-refractivity contribution in [3.8, 4) is 22.4 Å². The molecular weight excluding hydrogens is 453 g/mol. The number of carbonyl (C=O) groups is 2. The molecule has 1 unspecified atom stereocenters. The zero-order valence-corrected chi connectivity index (χ0v) is 19.2. The van der Waals surface area contributed by atoms with Crippen LogP contribution in [0.2, 0.25) is 0 Å². The van der Waals surface area contributed by atoms with Crippen LogP contribution in [0.3, 0.4) is 0 Å². The summed E-state index contributed by atoms with van der Waals surface area (Å²) in [6, 6.07) is 19.9. The molecule has 1 atom stereocenters. The lowest BCUT2D eigenvalue weighted by molar-refractivity contribution is -0.140. The minimum Gasteiger partial charge on any atom is -0.481 e. The molecule has 4 aromatic rings. The van der Waals surface area contributed by atoms with Crippen LogP contribution < -0.4 is 4.90 Å². The third kappa shape index (κ3) is 5.35. The number of thiazole rings is 1. The Kier molecular flexibility index (Phi) is 7.08. The number of pyridine rings is 1. The number of aromatic nitrogens is 2. The van der Waals surface area contributed by atoms with E-state index in [2.05, 4.69) is 9.97 Å². The third-order valence-corrected chi connectivity index (χ3v) is 6.36. The Bertz CT molecular complexity index is 1290. The molecule has 0 aliphatic rings. The third-order valence-electron chi connectivity index (χ3n) is 5.45. The van der Waals surface area contributed by atoms with E-state index < -0.39 is 17.8 Å². The van der Waals surface area contributed by atoms with E-state index >= 15 is 0 Å². The lowest BCUT2D eigenvalue weighted by atomic mass is 9.95. The van der Waals surface area contributed by atoms with E-state index in [1.54, 1.807) is 13.1 Å². The lowest BCUT2D eigenvalue weighted by Gasteiger charge is -2.21. The van der Waals surface area contributed by atoms with Gasteiger partial charge in [0.15, 0.2) is 5.13 Å². The van der Waals surface area contributed by atoms with Gasteiger partial charge in [-0.25, -0.2) is 9.97 Å². The quantitative estimate of drug-likeness (QED) is 0.349. The summed E-state index contributed by atoms with van der Waals surface area (Å²) in [6.07, 6.45) is 1.53. The Morgan fingerprint density at radius 1 is 1.03 bits per heavy atom. The van der Waals surface area contributed by atoms with Crippen molar-refractivity contribution >= 4 is 28.3 Å². The molecule has 1 amide bonds. The molecule has 0 aliphatic carbocycles. The van der Waals surface area contributed by atoms with Gasteiger partial charge >= 0.3 is 5.97 Å². The Balaban J connectivity index is 1.59. The van der Waals surface area contributed by atoms with Crippen LogP contribution in [0.15, 0.2) is 78.3 Å². The van der Waals surface area contributed by atoms with Gasteiger partial charge in [0.25, 0.3) is 0 Å². The van der Waals surface area contributed by atoms with Crippen molar-refractivity contribution in [3.05, 3.63) is 89.8 Å². The molecule has 172 valence electrons. The van der Waals surface area contributed by atoms with Gasteiger partial charge in [0, 0.05) is 29.8 Å². The average Bonchev–Trinajstić information content (AvgIpc) is 3.34. The molecule has 6 nitrogen and oxygen atoms in total. The monoisotopic (exact) mass is 475 g/mol. The van der Waals surface area contributed by atoms with Crippen molar-refractivity contribution in [3.63, 3.8) is 0 Å². The fourth-order valence-electron chi connectivity index (χ4n) is 3.76. The van der Waals surface area contributed by atoms with E-state index in [1.807, 2.05) is 60.0 Å². The number of carbonyl (C=O) groups excluding carboxylic acids is 1. The van der Waals surface area contributed by atoms with Gasteiger partial charge in [-0.2, -0.15) is 4.39 Å². The van der Waals surface area contributed by atoms with E-state index in [1.165, 1.54) is 28.5 Å². The standard InChI is InChI=1S/C26H22FN3O3S/c1-30(25(33)19(14-24(31)32)13-17-7-3-2-4-8-17)26-29-22(16-34-26)21-10-6-5-9-20(21)18-11-12-23(27)28-15-18/h2-12,15-16,19H,13-14H2,1H3,(H,31,32). The smallest absolute Gasteiger partial charge is 0.304 e. The van der Waals surface area contributed by atoms with E-state index in [0.717, 1.165) is 22.3 Å². The van der Waals surface area contributed by atoms with Crippen molar-refractivity contribution in [1.29, 1.82) is 0 Å². The number of rotatable bonds is 8. The van der Waals surface area contributed by atoms with Gasteiger partial charge in [-0.05, 0) is 29.7 Å². The Morgan fingerprint density at radius 3 is 2.41 bits per heavy atom. The first-order valence-corrected chi connectivity index (χ1v) is 11.5. The van der Waals surface area contributed by atoms with Gasteiger partial charge in [0.05, 0.1) is 18.0 Å². The second kappa shape index (κ2) is 10.4. The summed E-state index contributed by atoms with van der Waals surface area (Å²) in [5.74, 6) is -2.59. The number of halogens is 1. The van der Waals surface area contributed by atoms with E-state index in [4.69, 9.17) is 0 Å². The number of nitrogens with zero attached hydrogens (tertiary/aromatic N) is 3. The molecule has 2 aromatic heterocycles. The van der Waals surface area contributed by atoms with Crippen LogP contribution in [0.25, 0.3) is 22.4 Å². The Labute approximate surface area is 200 Å². The summed E-state index contributed by atoms with van der Waals surface area (Å²) >= 11 is 1.30. The number of carboxylic acids is 1. The molecule has 0 bridgehead atoms. The largest absolute Gasteiger partial charge is 0.481 e. The van der Waals surface area contributed by atoms with E-state index in [-0.39, 0.29) is 12.3 Å². The SMILES string of the molecule is CN(C(=O)C(CC(=O)O)Cc1ccccc1)c1nc(-c2ccccc2-c2ccc(F)nc2)cs1. The summed E-state index contributed by atoms with van der Waals surface area (Å²) in [5.41, 5.74) is 3.98. The lowest BCUT2D eigenvalue weighted by Crippen LogP contribution is -2.35. The number of hydrogen-bond donors (Lipinski definition) is 1. The second-order valence-corrected chi connectivity index (χ2v) is 8.65. The number of benzene rings is 2. The number of carboxylic acid groups (broad SMARTS) is 1. The molecule has 2 aromatic carbocycles. The molecule has 8 heteroatoms. The zero-order valence-electron chi connectivity index (χ0n) is 18.4. The number of hydrogen-bond acceptors (Lipinski definition) is 5. The highest BCUT2D eigenvalue weighted by molar-refractivity contribution is 7.14. The van der Waals surface area contributed by atoms with Crippen molar-refractivity contribution in [2.45, 2.75) is 12.8 Å². The summed E-state index contributed by atoms with van der Waals surface area (Å²) in [5, 5.41) is 11.7. The van der Waals surface area contributed by atoms with Crippen LogP contribution in [0.5, 0.6) is 0 Å². The molecule has 0 saturated carbocycles. The average molecular weight is 476 g/mol. The first-order chi connectivity index (χ1) is 16.4. The molecule has 0 saturated heterocycles. The molecule has 0 radical (unpaired) electrons. The highest BCUT2D eigenvalue weighted by Gasteiger charge is 2.27. The predicted molar refractivity (Wildman–Crippen MR) is 130 cm³/mol. The van der Waals surface area contributed by atoms with Gasteiger partial charge in [-0.1, -0.05) is 54.6 Å². The maximum Gasteiger partial charge on any atom is 0.304 e. The normalized spacial score (nSPS) is 11.7. The number of aliphatic carboxylic acids is 1. The summed E-state index contributed by atoms with van der Waals surface area (Å²) < 4.78 is 13.3. The summed E-state index contributed by atoms with van der Waals surface area (Å²) in [4.78, 5) is 34.5. The first-order valence-electron chi connectivity index (χ1n) is 10.6. The van der Waals surface area contributed by atoms with Crippen LogP contribution in [-0.4, -0.2) is 34.0 Å². The van der Waals surface area contributed by atoms with Crippen LogP contribution in [0.1, 0.15) is 12.0 Å². The fourth-order valence-corrected chi connectivity index (χ4v) is 4.56. The van der Waals surface area contributed by atoms with Gasteiger partial charge in [-0.3, -0.25) is 14.5 Å². The van der Waals surface area contributed by atoms with E-state index in [0.29, 0.717) is 17.2 Å². The molecule has 4 rings (SSSR count). The molecule has 0 aliphatic heterocycles. The van der Waals surface area contributed by atoms with Gasteiger partial charge in [-0.15, -0.1) is 11.3 Å². The first kappa shape index (κ1) is 23.3. The molecule has 0 fully saturated rings. The molecule has 1 N–H and O–H groups in total. The maximum absolute atomic E-state index is 13.3. The summed E-state index contributed by atoms with van der Waals surface area (Å²) in [7, 11) is 1.61. The van der Waals surface area contributed by atoms with Crippen LogP contribution in [0, 0.1) is 11.9 Å². The van der Waals surface area contributed by atoms with Crippen molar-refractivity contribution in [2.75, 3.05) is 11.9 Å². The maximum atomic E-state index is 13.3. The number of amides is 1.